The number of anilines is 2. The molecule has 1 amide bonds. The molecule has 1 aliphatic rings. The quantitative estimate of drug-likeness (QED) is 0.638. The zero-order valence-corrected chi connectivity index (χ0v) is 17.5. The summed E-state index contributed by atoms with van der Waals surface area (Å²) < 4.78 is 0. The van der Waals surface area contributed by atoms with E-state index in [-0.39, 0.29) is 11.5 Å². The van der Waals surface area contributed by atoms with Crippen molar-refractivity contribution in [2.24, 2.45) is 0 Å². The Kier molecular flexibility index (Phi) is 6.37. The topological polar surface area (TPSA) is 94.2 Å². The van der Waals surface area contributed by atoms with Gasteiger partial charge in [-0.2, -0.15) is 0 Å². The fourth-order valence-electron chi connectivity index (χ4n) is 3.68. The summed E-state index contributed by atoms with van der Waals surface area (Å²) in [5.74, 6) is 1.46. The molecule has 0 saturated carbocycles. The Bertz CT molecular complexity index is 1090. The van der Waals surface area contributed by atoms with E-state index in [0.717, 1.165) is 37.6 Å². The van der Waals surface area contributed by atoms with Gasteiger partial charge in [-0.1, -0.05) is 18.2 Å². The van der Waals surface area contributed by atoms with Crippen LogP contribution in [0.5, 0.6) is 0 Å². The Morgan fingerprint density at radius 2 is 1.94 bits per heavy atom. The summed E-state index contributed by atoms with van der Waals surface area (Å²) in [4.78, 5) is 40.3. The molecule has 0 spiro atoms. The zero-order chi connectivity index (χ0) is 21.6. The molecule has 0 unspecified atom stereocenters. The number of amides is 1. The van der Waals surface area contributed by atoms with Gasteiger partial charge in [-0.3, -0.25) is 14.5 Å². The minimum Gasteiger partial charge on any atom is -0.354 e. The van der Waals surface area contributed by atoms with Gasteiger partial charge in [0.2, 0.25) is 5.91 Å². The van der Waals surface area contributed by atoms with E-state index >= 15 is 0 Å². The highest BCUT2D eigenvalue weighted by molar-refractivity contribution is 5.91. The second-order valence-corrected chi connectivity index (χ2v) is 7.63. The lowest BCUT2D eigenvalue weighted by molar-refractivity contribution is -0.116. The average Bonchev–Trinajstić information content (AvgIpc) is 2.78. The number of carbonyl (C=O) groups excluding carboxylic acids is 1. The highest BCUT2D eigenvalue weighted by Crippen LogP contribution is 2.19. The van der Waals surface area contributed by atoms with E-state index in [0.29, 0.717) is 30.2 Å². The SMILES string of the molecule is Cc1cc(=O)[nH]c(-c2cccc(NC(=O)CCN3CCN(c4ccccn4)CC3)c2)n1. The molecular weight excluding hydrogens is 392 g/mol. The number of aryl methyl sites for hydroxylation is 1. The Labute approximate surface area is 181 Å². The van der Waals surface area contributed by atoms with Gasteiger partial charge in [-0.25, -0.2) is 9.97 Å². The standard InChI is InChI=1S/C23H26N6O2/c1-17-15-22(31)27-23(25-17)18-5-4-6-19(16-18)26-21(30)8-10-28-11-13-29(14-12-28)20-7-2-3-9-24-20/h2-7,9,15-16H,8,10-14H2,1H3,(H,26,30)(H,25,27,31). The van der Waals surface area contributed by atoms with Crippen LogP contribution in [0.15, 0.2) is 59.5 Å². The fraction of sp³-hybridized carbons (Fsp3) is 0.304. The molecule has 1 saturated heterocycles. The van der Waals surface area contributed by atoms with Crippen LogP contribution in [0, 0.1) is 6.92 Å². The summed E-state index contributed by atoms with van der Waals surface area (Å²) in [7, 11) is 0. The van der Waals surface area contributed by atoms with Gasteiger partial charge in [-0.05, 0) is 31.2 Å². The third-order valence-electron chi connectivity index (χ3n) is 5.29. The van der Waals surface area contributed by atoms with Crippen LogP contribution in [0.3, 0.4) is 0 Å². The predicted octanol–water partition coefficient (Wildman–Crippen LogP) is 2.29. The van der Waals surface area contributed by atoms with Crippen molar-refractivity contribution >= 4 is 17.4 Å². The monoisotopic (exact) mass is 418 g/mol. The highest BCUT2D eigenvalue weighted by atomic mass is 16.1. The highest BCUT2D eigenvalue weighted by Gasteiger charge is 2.18. The molecule has 1 aromatic carbocycles. The van der Waals surface area contributed by atoms with Crippen molar-refractivity contribution in [3.8, 4) is 11.4 Å². The first-order valence-corrected chi connectivity index (χ1v) is 10.4. The second kappa shape index (κ2) is 9.53. The number of carbonyl (C=O) groups is 1. The Balaban J connectivity index is 1.28. The molecule has 2 aromatic heterocycles. The normalized spacial score (nSPS) is 14.4. The minimum absolute atomic E-state index is 0.0324. The first kappa shape index (κ1) is 20.7. The summed E-state index contributed by atoms with van der Waals surface area (Å²) >= 11 is 0. The van der Waals surface area contributed by atoms with Crippen LogP contribution in [0.4, 0.5) is 11.5 Å². The smallest absolute Gasteiger partial charge is 0.251 e. The second-order valence-electron chi connectivity index (χ2n) is 7.63. The van der Waals surface area contributed by atoms with E-state index < -0.39 is 0 Å². The lowest BCUT2D eigenvalue weighted by Crippen LogP contribution is -2.47. The van der Waals surface area contributed by atoms with Gasteiger partial charge in [-0.15, -0.1) is 0 Å². The number of hydrogen-bond acceptors (Lipinski definition) is 6. The number of benzene rings is 1. The van der Waals surface area contributed by atoms with E-state index in [1.807, 2.05) is 48.7 Å². The van der Waals surface area contributed by atoms with Crippen LogP contribution in [-0.4, -0.2) is 58.5 Å². The molecule has 8 heteroatoms. The summed E-state index contributed by atoms with van der Waals surface area (Å²) in [6.07, 6.45) is 2.24. The van der Waals surface area contributed by atoms with Crippen LogP contribution in [0.25, 0.3) is 11.4 Å². The summed E-state index contributed by atoms with van der Waals surface area (Å²) in [5, 5.41) is 2.95. The van der Waals surface area contributed by atoms with E-state index in [2.05, 4.69) is 30.1 Å². The van der Waals surface area contributed by atoms with Crippen LogP contribution >= 0.6 is 0 Å². The number of pyridine rings is 1. The van der Waals surface area contributed by atoms with Gasteiger partial charge in [0.25, 0.3) is 5.56 Å². The number of aromatic nitrogens is 3. The van der Waals surface area contributed by atoms with Gasteiger partial charge in [0.1, 0.15) is 11.6 Å². The molecule has 0 aliphatic carbocycles. The van der Waals surface area contributed by atoms with Crippen LogP contribution in [-0.2, 0) is 4.79 Å². The maximum absolute atomic E-state index is 12.5. The average molecular weight is 419 g/mol. The zero-order valence-electron chi connectivity index (χ0n) is 17.5. The molecule has 2 N–H and O–H groups in total. The third-order valence-corrected chi connectivity index (χ3v) is 5.29. The summed E-state index contributed by atoms with van der Waals surface area (Å²) in [5.41, 5.74) is 1.90. The molecule has 0 radical (unpaired) electrons. The van der Waals surface area contributed by atoms with Gasteiger partial charge >= 0.3 is 0 Å². The van der Waals surface area contributed by atoms with Crippen LogP contribution in [0.1, 0.15) is 12.1 Å². The third kappa shape index (κ3) is 5.55. The summed E-state index contributed by atoms with van der Waals surface area (Å²) in [6, 6.07) is 14.7. The molecule has 0 atom stereocenters. The predicted molar refractivity (Wildman–Crippen MR) is 121 cm³/mol. The van der Waals surface area contributed by atoms with Crippen molar-refractivity contribution in [3.63, 3.8) is 0 Å². The number of nitrogens with zero attached hydrogens (tertiary/aromatic N) is 4. The van der Waals surface area contributed by atoms with E-state index in [4.69, 9.17) is 0 Å². The lowest BCUT2D eigenvalue weighted by atomic mass is 10.1. The molecule has 3 aromatic rings. The molecule has 160 valence electrons. The maximum atomic E-state index is 12.5. The van der Waals surface area contributed by atoms with Crippen LogP contribution in [0.2, 0.25) is 0 Å². The van der Waals surface area contributed by atoms with E-state index in [1.54, 1.807) is 6.92 Å². The van der Waals surface area contributed by atoms with Crippen molar-refractivity contribution in [1.82, 2.24) is 19.9 Å². The molecule has 0 bridgehead atoms. The fourth-order valence-corrected chi connectivity index (χ4v) is 3.68. The Hall–Kier alpha value is -3.52. The molecular formula is C23H26N6O2. The molecule has 1 aliphatic heterocycles. The first-order valence-electron chi connectivity index (χ1n) is 10.4. The lowest BCUT2D eigenvalue weighted by Gasteiger charge is -2.35. The van der Waals surface area contributed by atoms with Gasteiger partial charge < -0.3 is 15.2 Å². The molecule has 8 nitrogen and oxygen atoms in total. The number of hydrogen-bond donors (Lipinski definition) is 2. The molecule has 3 heterocycles. The Morgan fingerprint density at radius 3 is 2.68 bits per heavy atom. The number of piperazine rings is 1. The number of H-pyrrole nitrogens is 1. The first-order chi connectivity index (χ1) is 15.1. The molecule has 1 fully saturated rings. The number of nitrogens with one attached hydrogen (secondary N) is 2. The Morgan fingerprint density at radius 1 is 1.10 bits per heavy atom. The van der Waals surface area contributed by atoms with Crippen molar-refractivity contribution in [2.45, 2.75) is 13.3 Å². The van der Waals surface area contributed by atoms with Gasteiger partial charge in [0.05, 0.1) is 0 Å². The maximum Gasteiger partial charge on any atom is 0.251 e. The molecule has 4 rings (SSSR count). The van der Waals surface area contributed by atoms with E-state index in [9.17, 15) is 9.59 Å². The largest absolute Gasteiger partial charge is 0.354 e. The molecule has 31 heavy (non-hydrogen) atoms. The van der Waals surface area contributed by atoms with Gasteiger partial charge in [0, 0.05) is 68.4 Å². The number of aromatic amines is 1. The van der Waals surface area contributed by atoms with Crippen molar-refractivity contribution in [1.29, 1.82) is 0 Å². The van der Waals surface area contributed by atoms with Gasteiger partial charge in [0.15, 0.2) is 0 Å². The van der Waals surface area contributed by atoms with Crippen LogP contribution < -0.4 is 15.8 Å². The van der Waals surface area contributed by atoms with Crippen molar-refractivity contribution < 1.29 is 4.79 Å². The van der Waals surface area contributed by atoms with Crippen molar-refractivity contribution in [3.05, 3.63) is 70.8 Å². The summed E-state index contributed by atoms with van der Waals surface area (Å²) in [6.45, 7) is 6.12. The van der Waals surface area contributed by atoms with E-state index in [1.165, 1.54) is 6.07 Å². The minimum atomic E-state index is -0.194. The van der Waals surface area contributed by atoms with Crippen molar-refractivity contribution in [2.75, 3.05) is 42.9 Å². The number of rotatable bonds is 6.